The molecule has 0 spiro atoms. The smallest absolute Gasteiger partial charge is 0.0645 e. The molecule has 3 heteroatoms. The number of benzene rings is 2. The van der Waals surface area contributed by atoms with E-state index in [1.54, 1.807) is 7.11 Å². The van der Waals surface area contributed by atoms with Crippen LogP contribution in [0.1, 0.15) is 27.1 Å². The molecule has 0 aromatic heterocycles. The van der Waals surface area contributed by atoms with Gasteiger partial charge in [0, 0.05) is 12.1 Å². The van der Waals surface area contributed by atoms with E-state index in [9.17, 15) is 0 Å². The molecule has 0 saturated carbocycles. The molecule has 0 aliphatic rings. The second-order valence-electron chi connectivity index (χ2n) is 4.86. The summed E-state index contributed by atoms with van der Waals surface area (Å²) >= 11 is 9.94. The maximum absolute atomic E-state index is 6.19. The largest absolute Gasteiger partial charge is 0.384 e. The van der Waals surface area contributed by atoms with Crippen molar-refractivity contribution in [2.24, 2.45) is 0 Å². The van der Waals surface area contributed by atoms with E-state index in [4.69, 9.17) is 16.3 Å². The standard InChI is InChI=1S/C17H18BrClO/c1-12-3-6-15(11-16(12)19)17(18)14-7-4-13(5-8-14)9-10-20-2/h3-8,11,17H,9-10H2,1-2H3. The Morgan fingerprint density at radius 3 is 2.35 bits per heavy atom. The van der Waals surface area contributed by atoms with Crippen molar-refractivity contribution in [2.45, 2.75) is 18.2 Å². The highest BCUT2D eigenvalue weighted by molar-refractivity contribution is 9.09. The Morgan fingerprint density at radius 2 is 1.75 bits per heavy atom. The Hall–Kier alpha value is -0.830. The molecule has 0 bridgehead atoms. The van der Waals surface area contributed by atoms with Crippen molar-refractivity contribution in [1.29, 1.82) is 0 Å². The Kier molecular flexibility index (Phi) is 5.64. The van der Waals surface area contributed by atoms with Gasteiger partial charge in [0.2, 0.25) is 0 Å². The number of methoxy groups -OCH3 is 1. The van der Waals surface area contributed by atoms with Gasteiger partial charge >= 0.3 is 0 Å². The summed E-state index contributed by atoms with van der Waals surface area (Å²) < 4.78 is 5.09. The topological polar surface area (TPSA) is 9.23 Å². The summed E-state index contributed by atoms with van der Waals surface area (Å²) in [6.45, 7) is 2.77. The highest BCUT2D eigenvalue weighted by Crippen LogP contribution is 2.33. The lowest BCUT2D eigenvalue weighted by Crippen LogP contribution is -1.97. The summed E-state index contributed by atoms with van der Waals surface area (Å²) in [5.41, 5.74) is 4.79. The minimum Gasteiger partial charge on any atom is -0.384 e. The molecule has 0 aliphatic carbocycles. The fourth-order valence-corrected chi connectivity index (χ4v) is 2.81. The molecular weight excluding hydrogens is 336 g/mol. The molecule has 0 heterocycles. The first-order valence-corrected chi connectivity index (χ1v) is 7.89. The van der Waals surface area contributed by atoms with E-state index >= 15 is 0 Å². The van der Waals surface area contributed by atoms with Crippen LogP contribution in [0.2, 0.25) is 5.02 Å². The molecule has 20 heavy (non-hydrogen) atoms. The Balaban J connectivity index is 2.15. The Bertz CT molecular complexity index is 566. The minimum atomic E-state index is 0.164. The highest BCUT2D eigenvalue weighted by Gasteiger charge is 2.11. The van der Waals surface area contributed by atoms with Crippen LogP contribution in [0, 0.1) is 6.92 Å². The molecule has 2 aromatic rings. The lowest BCUT2D eigenvalue weighted by atomic mass is 10.0. The van der Waals surface area contributed by atoms with Gasteiger partial charge in [0.05, 0.1) is 11.4 Å². The SMILES string of the molecule is COCCc1ccc(C(Br)c2ccc(C)c(Cl)c2)cc1. The molecule has 2 aromatic carbocycles. The summed E-state index contributed by atoms with van der Waals surface area (Å²) in [6.07, 6.45) is 0.945. The van der Waals surface area contributed by atoms with Crippen molar-refractivity contribution < 1.29 is 4.74 Å². The lowest BCUT2D eigenvalue weighted by molar-refractivity contribution is 0.202. The predicted octanol–water partition coefficient (Wildman–Crippen LogP) is 5.32. The quantitative estimate of drug-likeness (QED) is 0.661. The van der Waals surface area contributed by atoms with Crippen LogP contribution in [-0.2, 0) is 11.2 Å². The normalized spacial score (nSPS) is 12.4. The van der Waals surface area contributed by atoms with Gasteiger partial charge in [-0.15, -0.1) is 0 Å². The van der Waals surface area contributed by atoms with Crippen LogP contribution in [0.4, 0.5) is 0 Å². The molecule has 0 radical (unpaired) electrons. The van der Waals surface area contributed by atoms with Gasteiger partial charge in [0.1, 0.15) is 0 Å². The van der Waals surface area contributed by atoms with E-state index in [0.29, 0.717) is 0 Å². The molecule has 0 amide bonds. The van der Waals surface area contributed by atoms with E-state index in [2.05, 4.69) is 52.3 Å². The Labute approximate surface area is 134 Å². The van der Waals surface area contributed by atoms with Crippen LogP contribution in [0.5, 0.6) is 0 Å². The fraction of sp³-hybridized carbons (Fsp3) is 0.294. The molecular formula is C17H18BrClO. The second-order valence-corrected chi connectivity index (χ2v) is 6.18. The average molecular weight is 354 g/mol. The van der Waals surface area contributed by atoms with Crippen LogP contribution in [0.3, 0.4) is 0 Å². The summed E-state index contributed by atoms with van der Waals surface area (Å²) in [7, 11) is 1.73. The molecule has 0 saturated heterocycles. The maximum Gasteiger partial charge on any atom is 0.0645 e. The Morgan fingerprint density at radius 1 is 1.10 bits per heavy atom. The van der Waals surface area contributed by atoms with Gasteiger partial charge in [0.15, 0.2) is 0 Å². The number of aryl methyl sites for hydroxylation is 1. The first-order chi connectivity index (χ1) is 9.61. The third-order valence-corrected chi connectivity index (χ3v) is 4.82. The molecule has 0 aliphatic heterocycles. The number of hydrogen-bond acceptors (Lipinski definition) is 1. The van der Waals surface area contributed by atoms with Crippen LogP contribution in [-0.4, -0.2) is 13.7 Å². The first-order valence-electron chi connectivity index (χ1n) is 6.59. The number of alkyl halides is 1. The molecule has 0 fully saturated rings. The van der Waals surface area contributed by atoms with Crippen molar-refractivity contribution in [3.05, 3.63) is 69.7 Å². The second kappa shape index (κ2) is 7.26. The summed E-state index contributed by atoms with van der Waals surface area (Å²) in [6, 6.07) is 14.8. The minimum absolute atomic E-state index is 0.164. The van der Waals surface area contributed by atoms with E-state index in [0.717, 1.165) is 23.6 Å². The molecule has 1 unspecified atom stereocenters. The van der Waals surface area contributed by atoms with E-state index in [-0.39, 0.29) is 4.83 Å². The zero-order valence-corrected chi connectivity index (χ0v) is 14.0. The third kappa shape index (κ3) is 3.85. The first kappa shape index (κ1) is 15.6. The molecule has 0 N–H and O–H groups in total. The highest BCUT2D eigenvalue weighted by atomic mass is 79.9. The molecule has 1 nitrogen and oxygen atoms in total. The van der Waals surface area contributed by atoms with E-state index in [1.165, 1.54) is 16.7 Å². The van der Waals surface area contributed by atoms with Crippen molar-refractivity contribution >= 4 is 27.5 Å². The van der Waals surface area contributed by atoms with Gasteiger partial charge < -0.3 is 4.74 Å². The van der Waals surface area contributed by atoms with Crippen LogP contribution >= 0.6 is 27.5 Å². The zero-order chi connectivity index (χ0) is 14.5. The maximum atomic E-state index is 6.19. The summed E-state index contributed by atoms with van der Waals surface area (Å²) in [4.78, 5) is 0.164. The number of ether oxygens (including phenoxy) is 1. The van der Waals surface area contributed by atoms with Gasteiger partial charge in [-0.1, -0.05) is 63.9 Å². The molecule has 1 atom stereocenters. The number of hydrogen-bond donors (Lipinski definition) is 0. The van der Waals surface area contributed by atoms with Gasteiger partial charge in [0.25, 0.3) is 0 Å². The summed E-state index contributed by atoms with van der Waals surface area (Å²) in [5, 5.41) is 0.809. The monoisotopic (exact) mass is 352 g/mol. The molecule has 106 valence electrons. The van der Waals surface area contributed by atoms with Gasteiger partial charge in [-0.05, 0) is 41.7 Å². The summed E-state index contributed by atoms with van der Waals surface area (Å²) in [5.74, 6) is 0. The van der Waals surface area contributed by atoms with Crippen molar-refractivity contribution in [2.75, 3.05) is 13.7 Å². The van der Waals surface area contributed by atoms with Crippen molar-refractivity contribution in [3.63, 3.8) is 0 Å². The van der Waals surface area contributed by atoms with Crippen LogP contribution < -0.4 is 0 Å². The van der Waals surface area contributed by atoms with E-state index < -0.39 is 0 Å². The van der Waals surface area contributed by atoms with Gasteiger partial charge in [-0.3, -0.25) is 0 Å². The van der Waals surface area contributed by atoms with E-state index in [1.807, 2.05) is 13.0 Å². The zero-order valence-electron chi connectivity index (χ0n) is 11.7. The molecule has 2 rings (SSSR count). The van der Waals surface area contributed by atoms with Gasteiger partial charge in [-0.25, -0.2) is 0 Å². The fourth-order valence-electron chi connectivity index (χ4n) is 2.03. The third-order valence-electron chi connectivity index (χ3n) is 3.36. The van der Waals surface area contributed by atoms with Crippen molar-refractivity contribution in [3.8, 4) is 0 Å². The predicted molar refractivity (Wildman–Crippen MR) is 89.0 cm³/mol. The lowest BCUT2D eigenvalue weighted by Gasteiger charge is -2.13. The van der Waals surface area contributed by atoms with Gasteiger partial charge in [-0.2, -0.15) is 0 Å². The number of rotatable bonds is 5. The van der Waals surface area contributed by atoms with Crippen molar-refractivity contribution in [1.82, 2.24) is 0 Å². The number of halogens is 2. The van der Waals surface area contributed by atoms with Crippen LogP contribution in [0.15, 0.2) is 42.5 Å². The average Bonchev–Trinajstić information content (AvgIpc) is 2.48. The van der Waals surface area contributed by atoms with Crippen LogP contribution in [0.25, 0.3) is 0 Å².